The fourth-order valence-electron chi connectivity index (χ4n) is 1.41. The molecule has 2 aromatic rings. The Kier molecular flexibility index (Phi) is 3.75. The highest BCUT2D eigenvalue weighted by atomic mass is 35.5. The molecule has 80 valence electrons. The molecular formula is C10H11ClN2S2. The van der Waals surface area contributed by atoms with E-state index in [1.807, 2.05) is 23.2 Å². The standard InChI is InChI=1S/C10H11ClN2S2/c1-2-13-9(8-5-12-6-15-8)10-7(11)3-4-14-10/h3-6,9,13H,2H2,1H3. The number of nitrogens with one attached hydrogen (secondary N) is 1. The summed E-state index contributed by atoms with van der Waals surface area (Å²) in [4.78, 5) is 6.48. The summed E-state index contributed by atoms with van der Waals surface area (Å²) in [6.45, 7) is 3.01. The molecule has 2 heterocycles. The molecule has 0 saturated heterocycles. The van der Waals surface area contributed by atoms with Crippen molar-refractivity contribution in [3.63, 3.8) is 0 Å². The normalized spacial score (nSPS) is 12.9. The third-order valence-corrected chi connectivity index (χ3v) is 4.31. The smallest absolute Gasteiger partial charge is 0.0796 e. The fourth-order valence-corrected chi connectivity index (χ4v) is 3.44. The molecule has 0 saturated carbocycles. The van der Waals surface area contributed by atoms with Gasteiger partial charge < -0.3 is 5.32 Å². The van der Waals surface area contributed by atoms with Gasteiger partial charge in [0.25, 0.3) is 0 Å². The maximum atomic E-state index is 6.14. The molecule has 0 radical (unpaired) electrons. The molecule has 1 N–H and O–H groups in total. The van der Waals surface area contributed by atoms with E-state index in [1.54, 1.807) is 22.7 Å². The van der Waals surface area contributed by atoms with Crippen molar-refractivity contribution in [2.75, 3.05) is 6.54 Å². The average molecular weight is 259 g/mol. The summed E-state index contributed by atoms with van der Waals surface area (Å²) in [6.07, 6.45) is 1.90. The van der Waals surface area contributed by atoms with Crippen molar-refractivity contribution in [3.05, 3.63) is 37.9 Å². The summed E-state index contributed by atoms with van der Waals surface area (Å²) in [6, 6.07) is 2.13. The van der Waals surface area contributed by atoms with Crippen molar-refractivity contribution < 1.29 is 0 Å². The van der Waals surface area contributed by atoms with Crippen LogP contribution in [0.1, 0.15) is 22.7 Å². The number of hydrogen-bond acceptors (Lipinski definition) is 4. The highest BCUT2D eigenvalue weighted by Gasteiger charge is 2.18. The minimum Gasteiger partial charge on any atom is -0.305 e. The maximum Gasteiger partial charge on any atom is 0.0796 e. The molecule has 0 spiro atoms. The van der Waals surface area contributed by atoms with Crippen LogP contribution in [0, 0.1) is 0 Å². The molecule has 2 aromatic heterocycles. The van der Waals surface area contributed by atoms with Crippen LogP contribution in [0.3, 0.4) is 0 Å². The van der Waals surface area contributed by atoms with Gasteiger partial charge in [0.2, 0.25) is 0 Å². The van der Waals surface area contributed by atoms with Gasteiger partial charge in [-0.3, -0.25) is 4.98 Å². The molecule has 0 aromatic carbocycles. The minimum atomic E-state index is 0.190. The van der Waals surface area contributed by atoms with E-state index in [9.17, 15) is 0 Å². The van der Waals surface area contributed by atoms with Crippen LogP contribution in [0.15, 0.2) is 23.2 Å². The molecule has 0 amide bonds. The van der Waals surface area contributed by atoms with E-state index in [4.69, 9.17) is 11.6 Å². The van der Waals surface area contributed by atoms with Crippen LogP contribution in [0.4, 0.5) is 0 Å². The van der Waals surface area contributed by atoms with Crippen molar-refractivity contribution >= 4 is 34.3 Å². The highest BCUT2D eigenvalue weighted by molar-refractivity contribution is 7.11. The lowest BCUT2D eigenvalue weighted by Gasteiger charge is -2.14. The molecule has 1 atom stereocenters. The number of halogens is 1. The quantitative estimate of drug-likeness (QED) is 0.907. The molecule has 15 heavy (non-hydrogen) atoms. The summed E-state index contributed by atoms with van der Waals surface area (Å²) in [5, 5.41) is 6.27. The van der Waals surface area contributed by atoms with Crippen molar-refractivity contribution in [3.8, 4) is 0 Å². The second-order valence-electron chi connectivity index (χ2n) is 3.03. The molecule has 5 heteroatoms. The van der Waals surface area contributed by atoms with Gasteiger partial charge in [-0.25, -0.2) is 0 Å². The van der Waals surface area contributed by atoms with E-state index >= 15 is 0 Å². The zero-order valence-corrected chi connectivity index (χ0v) is 10.6. The predicted molar refractivity (Wildman–Crippen MR) is 67.0 cm³/mol. The average Bonchev–Trinajstić information content (AvgIpc) is 2.85. The van der Waals surface area contributed by atoms with Crippen LogP contribution < -0.4 is 5.32 Å². The Morgan fingerprint density at radius 2 is 2.40 bits per heavy atom. The first-order chi connectivity index (χ1) is 7.33. The lowest BCUT2D eigenvalue weighted by atomic mass is 10.2. The van der Waals surface area contributed by atoms with E-state index in [0.29, 0.717) is 0 Å². The lowest BCUT2D eigenvalue weighted by Crippen LogP contribution is -2.20. The van der Waals surface area contributed by atoms with Gasteiger partial charge in [-0.1, -0.05) is 18.5 Å². The monoisotopic (exact) mass is 258 g/mol. The van der Waals surface area contributed by atoms with Gasteiger partial charge in [0.05, 0.1) is 16.6 Å². The van der Waals surface area contributed by atoms with Crippen LogP contribution in [0.25, 0.3) is 0 Å². The third kappa shape index (κ3) is 2.39. The fraction of sp³-hybridized carbons (Fsp3) is 0.300. The molecule has 0 aliphatic heterocycles. The van der Waals surface area contributed by atoms with Crippen molar-refractivity contribution in [1.29, 1.82) is 0 Å². The molecule has 0 bridgehead atoms. The van der Waals surface area contributed by atoms with E-state index in [2.05, 4.69) is 17.2 Å². The zero-order valence-electron chi connectivity index (χ0n) is 8.24. The predicted octanol–water partition coefficient (Wildman–Crippen LogP) is 3.56. The van der Waals surface area contributed by atoms with Gasteiger partial charge >= 0.3 is 0 Å². The van der Waals surface area contributed by atoms with E-state index in [-0.39, 0.29) is 6.04 Å². The summed E-state index contributed by atoms with van der Waals surface area (Å²) in [5.74, 6) is 0. The maximum absolute atomic E-state index is 6.14. The topological polar surface area (TPSA) is 24.9 Å². The second-order valence-corrected chi connectivity index (χ2v) is 5.30. The van der Waals surface area contributed by atoms with Gasteiger partial charge in [-0.05, 0) is 18.0 Å². The Balaban J connectivity index is 2.32. The summed E-state index contributed by atoms with van der Waals surface area (Å²) in [5.41, 5.74) is 1.85. The number of rotatable bonds is 4. The summed E-state index contributed by atoms with van der Waals surface area (Å²) >= 11 is 9.47. The molecule has 0 aliphatic rings. The first-order valence-corrected chi connectivity index (χ1v) is 6.81. The van der Waals surface area contributed by atoms with Crippen molar-refractivity contribution in [2.45, 2.75) is 13.0 Å². The number of aromatic nitrogens is 1. The Hall–Kier alpha value is -0.420. The van der Waals surface area contributed by atoms with Crippen LogP contribution in [0.5, 0.6) is 0 Å². The van der Waals surface area contributed by atoms with Gasteiger partial charge in [-0.15, -0.1) is 22.7 Å². The molecule has 2 nitrogen and oxygen atoms in total. The van der Waals surface area contributed by atoms with Crippen molar-refractivity contribution in [1.82, 2.24) is 10.3 Å². The first-order valence-electron chi connectivity index (χ1n) is 4.67. The highest BCUT2D eigenvalue weighted by Crippen LogP contribution is 2.34. The van der Waals surface area contributed by atoms with Crippen LogP contribution in [0.2, 0.25) is 5.02 Å². The van der Waals surface area contributed by atoms with Gasteiger partial charge in [0.15, 0.2) is 0 Å². The van der Waals surface area contributed by atoms with Gasteiger partial charge in [0.1, 0.15) is 0 Å². The molecule has 0 aliphatic carbocycles. The van der Waals surface area contributed by atoms with Crippen LogP contribution >= 0.6 is 34.3 Å². The van der Waals surface area contributed by atoms with E-state index in [0.717, 1.165) is 11.6 Å². The Morgan fingerprint density at radius 3 is 2.93 bits per heavy atom. The van der Waals surface area contributed by atoms with Gasteiger partial charge in [0, 0.05) is 16.0 Å². The number of hydrogen-bond donors (Lipinski definition) is 1. The number of thiazole rings is 1. The molecule has 1 unspecified atom stereocenters. The lowest BCUT2D eigenvalue weighted by molar-refractivity contribution is 0.648. The number of thiophene rings is 1. The van der Waals surface area contributed by atoms with Crippen molar-refractivity contribution in [2.24, 2.45) is 0 Å². The zero-order chi connectivity index (χ0) is 10.7. The summed E-state index contributed by atoms with van der Waals surface area (Å²) < 4.78 is 0. The van der Waals surface area contributed by atoms with Gasteiger partial charge in [-0.2, -0.15) is 0 Å². The first kappa shape index (κ1) is 11.1. The third-order valence-electron chi connectivity index (χ3n) is 2.05. The Bertz CT molecular complexity index is 411. The Morgan fingerprint density at radius 1 is 1.53 bits per heavy atom. The SMILES string of the molecule is CCNC(c1cncs1)c1sccc1Cl. The van der Waals surface area contributed by atoms with Crippen LogP contribution in [-0.2, 0) is 0 Å². The second kappa shape index (κ2) is 5.07. The van der Waals surface area contributed by atoms with E-state index < -0.39 is 0 Å². The molecular weight excluding hydrogens is 248 g/mol. The molecule has 0 fully saturated rings. The van der Waals surface area contributed by atoms with Crippen LogP contribution in [-0.4, -0.2) is 11.5 Å². The largest absolute Gasteiger partial charge is 0.305 e. The van der Waals surface area contributed by atoms with E-state index in [1.165, 1.54) is 9.75 Å². The Labute approximate surface area is 102 Å². The summed E-state index contributed by atoms with van der Waals surface area (Å²) in [7, 11) is 0. The minimum absolute atomic E-state index is 0.190. The number of nitrogens with zero attached hydrogens (tertiary/aromatic N) is 1. The molecule has 2 rings (SSSR count).